The van der Waals surface area contributed by atoms with Crippen LogP contribution in [-0.4, -0.2) is 37.3 Å². The fourth-order valence-corrected chi connectivity index (χ4v) is 2.21. The van der Waals surface area contributed by atoms with Crippen molar-refractivity contribution >= 4 is 5.91 Å². The number of aromatic nitrogens is 1. The third-order valence-electron chi connectivity index (χ3n) is 3.18. The third kappa shape index (κ3) is 5.35. The van der Waals surface area contributed by atoms with E-state index >= 15 is 0 Å². The summed E-state index contributed by atoms with van der Waals surface area (Å²) in [4.78, 5) is 11.7. The van der Waals surface area contributed by atoms with E-state index in [1.54, 1.807) is 7.11 Å². The molecule has 0 aliphatic heterocycles. The Morgan fingerprint density at radius 2 is 2.20 bits per heavy atom. The zero-order valence-corrected chi connectivity index (χ0v) is 13.0. The van der Waals surface area contributed by atoms with Crippen molar-refractivity contribution in [2.24, 2.45) is 5.92 Å². The van der Waals surface area contributed by atoms with Gasteiger partial charge >= 0.3 is 0 Å². The van der Waals surface area contributed by atoms with Gasteiger partial charge in [0.25, 0.3) is 0 Å². The van der Waals surface area contributed by atoms with E-state index in [1.807, 2.05) is 17.0 Å². The molecule has 5 heteroatoms. The summed E-state index contributed by atoms with van der Waals surface area (Å²) >= 11 is 0. The van der Waals surface area contributed by atoms with Crippen LogP contribution in [0.25, 0.3) is 0 Å². The first-order valence-electron chi connectivity index (χ1n) is 7.23. The van der Waals surface area contributed by atoms with Gasteiger partial charge in [-0.3, -0.25) is 4.79 Å². The van der Waals surface area contributed by atoms with Gasteiger partial charge in [-0.25, -0.2) is 0 Å². The van der Waals surface area contributed by atoms with Gasteiger partial charge in [0, 0.05) is 32.1 Å². The number of carbonyl (C=O) groups is 1. The van der Waals surface area contributed by atoms with Crippen LogP contribution < -0.4 is 10.6 Å². The molecule has 0 bridgehead atoms. The van der Waals surface area contributed by atoms with Gasteiger partial charge in [0.05, 0.1) is 6.61 Å². The topological polar surface area (TPSA) is 55.3 Å². The molecule has 1 rings (SSSR count). The zero-order chi connectivity index (χ0) is 15.0. The zero-order valence-electron chi connectivity index (χ0n) is 13.0. The monoisotopic (exact) mass is 281 g/mol. The summed E-state index contributed by atoms with van der Waals surface area (Å²) in [6.07, 6.45) is 4.00. The van der Waals surface area contributed by atoms with Gasteiger partial charge < -0.3 is 19.9 Å². The second kappa shape index (κ2) is 8.76. The van der Waals surface area contributed by atoms with Gasteiger partial charge in [-0.05, 0) is 24.1 Å². The summed E-state index contributed by atoms with van der Waals surface area (Å²) in [5.74, 6) is 0.523. The predicted octanol–water partition coefficient (Wildman–Crippen LogP) is 1.56. The first kappa shape index (κ1) is 16.7. The number of hydrogen-bond donors (Lipinski definition) is 2. The second-order valence-electron chi connectivity index (χ2n) is 5.24. The van der Waals surface area contributed by atoms with Crippen LogP contribution in [0.3, 0.4) is 0 Å². The number of nitrogens with one attached hydrogen (secondary N) is 2. The molecule has 0 radical (unpaired) electrons. The summed E-state index contributed by atoms with van der Waals surface area (Å²) in [6, 6.07) is 2.41. The van der Waals surface area contributed by atoms with Crippen molar-refractivity contribution in [3.8, 4) is 0 Å². The first-order valence-corrected chi connectivity index (χ1v) is 7.23. The van der Waals surface area contributed by atoms with Crippen molar-refractivity contribution in [1.29, 1.82) is 0 Å². The van der Waals surface area contributed by atoms with Crippen molar-refractivity contribution in [3.63, 3.8) is 0 Å². The molecule has 0 aliphatic rings. The number of amides is 1. The molecule has 5 nitrogen and oxygen atoms in total. The van der Waals surface area contributed by atoms with Gasteiger partial charge in [-0.2, -0.15) is 0 Å². The minimum atomic E-state index is 0.00810. The lowest BCUT2D eigenvalue weighted by atomic mass is 9.98. The van der Waals surface area contributed by atoms with Gasteiger partial charge in [-0.15, -0.1) is 0 Å². The highest BCUT2D eigenvalue weighted by molar-refractivity contribution is 5.75. The van der Waals surface area contributed by atoms with Gasteiger partial charge in [0.1, 0.15) is 6.54 Å². The highest BCUT2D eigenvalue weighted by Gasteiger charge is 2.15. The first-order chi connectivity index (χ1) is 9.58. The van der Waals surface area contributed by atoms with E-state index in [4.69, 9.17) is 4.74 Å². The average molecular weight is 281 g/mol. The molecule has 0 aromatic carbocycles. The van der Waals surface area contributed by atoms with Gasteiger partial charge in [0.2, 0.25) is 5.91 Å². The van der Waals surface area contributed by atoms with Crippen molar-refractivity contribution < 1.29 is 9.53 Å². The average Bonchev–Trinajstić information content (AvgIpc) is 2.84. The molecule has 0 saturated carbocycles. The molecule has 1 aromatic heterocycles. The number of carbonyl (C=O) groups excluding carboxylic acids is 1. The number of ether oxygens (including phenoxy) is 1. The Morgan fingerprint density at radius 3 is 2.80 bits per heavy atom. The maximum absolute atomic E-state index is 11.7. The van der Waals surface area contributed by atoms with Crippen molar-refractivity contribution in [2.75, 3.05) is 26.8 Å². The molecule has 1 unspecified atom stereocenters. The molecule has 0 fully saturated rings. The fourth-order valence-electron chi connectivity index (χ4n) is 2.21. The lowest BCUT2D eigenvalue weighted by molar-refractivity contribution is -0.121. The Bertz CT molecular complexity index is 402. The SMILES string of the molecule is CCNC(c1ccn(CC(=O)NCCOC)c1)C(C)C. The fraction of sp³-hybridized carbons (Fsp3) is 0.667. The molecule has 1 aromatic rings. The summed E-state index contributed by atoms with van der Waals surface area (Å²) in [5, 5.41) is 6.29. The Balaban J connectivity index is 2.55. The maximum atomic E-state index is 11.7. The van der Waals surface area contributed by atoms with Gasteiger partial charge in [-0.1, -0.05) is 20.8 Å². The molecule has 2 N–H and O–H groups in total. The van der Waals surface area contributed by atoms with Crippen LogP contribution in [0.5, 0.6) is 0 Å². The van der Waals surface area contributed by atoms with Crippen molar-refractivity contribution in [2.45, 2.75) is 33.4 Å². The molecular weight excluding hydrogens is 254 g/mol. The van der Waals surface area contributed by atoms with Crippen LogP contribution in [0, 0.1) is 5.92 Å². The van der Waals surface area contributed by atoms with Crippen LogP contribution in [0.1, 0.15) is 32.4 Å². The van der Waals surface area contributed by atoms with E-state index < -0.39 is 0 Å². The Labute approximate surface area is 121 Å². The predicted molar refractivity (Wildman–Crippen MR) is 80.6 cm³/mol. The van der Waals surface area contributed by atoms with E-state index in [1.165, 1.54) is 5.56 Å². The number of methoxy groups -OCH3 is 1. The number of nitrogens with zero attached hydrogens (tertiary/aromatic N) is 1. The van der Waals surface area contributed by atoms with Crippen LogP contribution in [0.4, 0.5) is 0 Å². The molecule has 0 aliphatic carbocycles. The Hall–Kier alpha value is -1.33. The molecule has 1 amide bonds. The highest BCUT2D eigenvalue weighted by Crippen LogP contribution is 2.21. The molecule has 114 valence electrons. The maximum Gasteiger partial charge on any atom is 0.239 e. The standard InChI is InChI=1S/C15H27N3O2/c1-5-16-15(12(2)3)13-6-8-18(10-13)11-14(19)17-7-9-20-4/h6,8,10,12,15-16H,5,7,9,11H2,1-4H3,(H,17,19). The van der Waals surface area contributed by atoms with Crippen LogP contribution in [0.2, 0.25) is 0 Å². The summed E-state index contributed by atoms with van der Waals surface area (Å²) in [7, 11) is 1.62. The van der Waals surface area contributed by atoms with Crippen molar-refractivity contribution in [1.82, 2.24) is 15.2 Å². The highest BCUT2D eigenvalue weighted by atomic mass is 16.5. The minimum absolute atomic E-state index is 0.00810. The largest absolute Gasteiger partial charge is 0.383 e. The van der Waals surface area contributed by atoms with E-state index in [9.17, 15) is 4.79 Å². The molecule has 1 heterocycles. The number of rotatable bonds is 9. The Morgan fingerprint density at radius 1 is 1.45 bits per heavy atom. The molecule has 0 spiro atoms. The van der Waals surface area contributed by atoms with E-state index in [-0.39, 0.29) is 5.91 Å². The smallest absolute Gasteiger partial charge is 0.239 e. The van der Waals surface area contributed by atoms with Crippen LogP contribution in [0.15, 0.2) is 18.5 Å². The summed E-state index contributed by atoms with van der Waals surface area (Å²) < 4.78 is 6.82. The lowest BCUT2D eigenvalue weighted by Crippen LogP contribution is -2.30. The van der Waals surface area contributed by atoms with Crippen LogP contribution in [-0.2, 0) is 16.1 Å². The normalized spacial score (nSPS) is 12.7. The quantitative estimate of drug-likeness (QED) is 0.675. The number of hydrogen-bond acceptors (Lipinski definition) is 3. The van der Waals surface area contributed by atoms with Crippen LogP contribution >= 0.6 is 0 Å². The third-order valence-corrected chi connectivity index (χ3v) is 3.18. The second-order valence-corrected chi connectivity index (χ2v) is 5.24. The summed E-state index contributed by atoms with van der Waals surface area (Å²) in [5.41, 5.74) is 1.23. The van der Waals surface area contributed by atoms with E-state index in [2.05, 4.69) is 37.5 Å². The molecule has 0 saturated heterocycles. The lowest BCUT2D eigenvalue weighted by Gasteiger charge is -2.20. The van der Waals surface area contributed by atoms with Gasteiger partial charge in [0.15, 0.2) is 0 Å². The van der Waals surface area contributed by atoms with E-state index in [0.717, 1.165) is 6.54 Å². The molecular formula is C15H27N3O2. The molecule has 20 heavy (non-hydrogen) atoms. The molecule has 1 atom stereocenters. The summed E-state index contributed by atoms with van der Waals surface area (Å²) in [6.45, 7) is 8.88. The van der Waals surface area contributed by atoms with E-state index in [0.29, 0.717) is 31.7 Å². The van der Waals surface area contributed by atoms with Crippen molar-refractivity contribution in [3.05, 3.63) is 24.0 Å². The minimum Gasteiger partial charge on any atom is -0.383 e. The Kier molecular flexibility index (Phi) is 7.33.